The highest BCUT2D eigenvalue weighted by molar-refractivity contribution is 5.98. The van der Waals surface area contributed by atoms with E-state index in [0.29, 0.717) is 49.4 Å². The van der Waals surface area contributed by atoms with Crippen LogP contribution in [0.4, 0.5) is 0 Å². The maximum absolute atomic E-state index is 13.2. The maximum atomic E-state index is 13.2. The molecule has 1 aliphatic heterocycles. The second kappa shape index (κ2) is 13.0. The Hall–Kier alpha value is -4.32. The molecule has 3 heterocycles. The van der Waals surface area contributed by atoms with Gasteiger partial charge in [0.1, 0.15) is 11.8 Å². The van der Waals surface area contributed by atoms with E-state index in [1.807, 2.05) is 13.1 Å². The number of fused-ring (bicyclic) bond motifs is 4. The second-order valence-corrected chi connectivity index (χ2v) is 9.42. The largest absolute Gasteiger partial charge is 0.493 e. The van der Waals surface area contributed by atoms with Crippen molar-refractivity contribution in [1.29, 1.82) is 0 Å². The minimum Gasteiger partial charge on any atom is -0.493 e. The fourth-order valence-corrected chi connectivity index (χ4v) is 4.16. The minimum atomic E-state index is -1.19. The summed E-state index contributed by atoms with van der Waals surface area (Å²) in [5, 5.41) is 24.0. The van der Waals surface area contributed by atoms with Gasteiger partial charge in [-0.2, -0.15) is 0 Å². The van der Waals surface area contributed by atoms with Crippen LogP contribution in [0.3, 0.4) is 0 Å². The van der Waals surface area contributed by atoms with Gasteiger partial charge < -0.3 is 25.4 Å². The zero-order valence-electron chi connectivity index (χ0n) is 22.0. The first-order valence-electron chi connectivity index (χ1n) is 12.9. The molecule has 0 spiro atoms. The number of aliphatic hydroxyl groups is 1. The number of amides is 3. The van der Waals surface area contributed by atoms with Crippen LogP contribution in [0, 0.1) is 6.92 Å². The Morgan fingerprint density at radius 2 is 2.05 bits per heavy atom. The van der Waals surface area contributed by atoms with Crippen LogP contribution in [-0.2, 0) is 17.8 Å². The first-order chi connectivity index (χ1) is 18.8. The molecule has 206 valence electrons. The number of pyridine rings is 1. The SMILES string of the molecule is Cc1ccc2cc1OCCCn1cc(nn1)CCN(C(=O)c1cccnc1)CCNC(=O)[C@H]([C@@H](C)O)NC2=O. The zero-order valence-corrected chi connectivity index (χ0v) is 22.0. The summed E-state index contributed by atoms with van der Waals surface area (Å²) in [4.78, 5) is 44.7. The van der Waals surface area contributed by atoms with Gasteiger partial charge in [0.2, 0.25) is 5.91 Å². The van der Waals surface area contributed by atoms with Crippen molar-refractivity contribution >= 4 is 17.7 Å². The predicted octanol–water partition coefficient (Wildman–Crippen LogP) is 0.745. The van der Waals surface area contributed by atoms with Crippen LogP contribution in [-0.4, -0.2) is 86.1 Å². The zero-order chi connectivity index (χ0) is 27.8. The molecule has 4 bridgehead atoms. The Morgan fingerprint density at radius 1 is 1.21 bits per heavy atom. The minimum absolute atomic E-state index is 0.110. The molecule has 3 aromatic rings. The summed E-state index contributed by atoms with van der Waals surface area (Å²) >= 11 is 0. The number of nitrogens with one attached hydrogen (secondary N) is 2. The Morgan fingerprint density at radius 3 is 2.82 bits per heavy atom. The number of rotatable bonds is 2. The third-order valence-electron chi connectivity index (χ3n) is 6.39. The molecule has 12 nitrogen and oxygen atoms in total. The summed E-state index contributed by atoms with van der Waals surface area (Å²) in [5.74, 6) is -0.751. The molecule has 0 unspecified atom stereocenters. The predicted molar refractivity (Wildman–Crippen MR) is 141 cm³/mol. The second-order valence-electron chi connectivity index (χ2n) is 9.42. The van der Waals surface area contributed by atoms with E-state index in [-0.39, 0.29) is 19.0 Å². The van der Waals surface area contributed by atoms with E-state index in [1.165, 1.54) is 13.1 Å². The van der Waals surface area contributed by atoms with Gasteiger partial charge in [0.15, 0.2) is 0 Å². The van der Waals surface area contributed by atoms with Crippen LogP contribution in [0.2, 0.25) is 0 Å². The van der Waals surface area contributed by atoms with E-state index in [4.69, 9.17) is 4.74 Å². The van der Waals surface area contributed by atoms with Gasteiger partial charge >= 0.3 is 0 Å². The lowest BCUT2D eigenvalue weighted by Gasteiger charge is -2.24. The average molecular weight is 536 g/mol. The fourth-order valence-electron chi connectivity index (χ4n) is 4.16. The average Bonchev–Trinajstić information content (AvgIpc) is 3.39. The summed E-state index contributed by atoms with van der Waals surface area (Å²) in [6.45, 7) is 4.95. The molecule has 2 atom stereocenters. The lowest BCUT2D eigenvalue weighted by molar-refractivity contribution is -0.125. The lowest BCUT2D eigenvalue weighted by Crippen LogP contribution is -2.53. The Kier molecular flexibility index (Phi) is 9.21. The van der Waals surface area contributed by atoms with Gasteiger partial charge in [-0.15, -0.1) is 5.10 Å². The molecule has 2 aromatic heterocycles. The lowest BCUT2D eigenvalue weighted by atomic mass is 10.1. The molecule has 4 rings (SSSR count). The number of aromatic nitrogens is 4. The number of aryl methyl sites for hydroxylation is 2. The van der Waals surface area contributed by atoms with Crippen molar-refractivity contribution in [2.24, 2.45) is 0 Å². The normalized spacial score (nSPS) is 18.3. The number of hydrogen-bond donors (Lipinski definition) is 3. The molecule has 12 heteroatoms. The highest BCUT2D eigenvalue weighted by Gasteiger charge is 2.27. The molecule has 0 radical (unpaired) electrons. The number of hydrogen-bond acceptors (Lipinski definition) is 8. The van der Waals surface area contributed by atoms with E-state index in [2.05, 4.69) is 25.9 Å². The Balaban J connectivity index is 1.55. The van der Waals surface area contributed by atoms with Crippen LogP contribution in [0.1, 0.15) is 45.3 Å². The van der Waals surface area contributed by atoms with E-state index in [9.17, 15) is 19.5 Å². The third kappa shape index (κ3) is 7.38. The molecular weight excluding hydrogens is 502 g/mol. The first-order valence-corrected chi connectivity index (χ1v) is 12.9. The summed E-state index contributed by atoms with van der Waals surface area (Å²) in [5.41, 5.74) is 2.33. The van der Waals surface area contributed by atoms with Gasteiger partial charge in [-0.25, -0.2) is 0 Å². The quantitative estimate of drug-likeness (QED) is 0.435. The van der Waals surface area contributed by atoms with Crippen LogP contribution in [0.5, 0.6) is 5.75 Å². The molecule has 1 aliphatic rings. The number of carbonyl (C=O) groups is 3. The smallest absolute Gasteiger partial charge is 0.255 e. The summed E-state index contributed by atoms with van der Waals surface area (Å²) in [7, 11) is 0. The highest BCUT2D eigenvalue weighted by Crippen LogP contribution is 2.20. The van der Waals surface area contributed by atoms with Gasteiger partial charge in [0, 0.05) is 63.2 Å². The van der Waals surface area contributed by atoms with Gasteiger partial charge in [-0.05, 0) is 43.7 Å². The number of ether oxygens (including phenoxy) is 1. The molecular formula is C27H33N7O5. The summed E-state index contributed by atoms with van der Waals surface area (Å²) < 4.78 is 7.65. The first kappa shape index (κ1) is 27.7. The summed E-state index contributed by atoms with van der Waals surface area (Å²) in [6, 6.07) is 7.20. The van der Waals surface area contributed by atoms with E-state index in [0.717, 1.165) is 11.3 Å². The number of carbonyl (C=O) groups excluding carboxylic acids is 3. The van der Waals surface area contributed by atoms with Crippen molar-refractivity contribution in [3.05, 3.63) is 71.3 Å². The van der Waals surface area contributed by atoms with Crippen LogP contribution < -0.4 is 15.4 Å². The topological polar surface area (TPSA) is 152 Å². The third-order valence-corrected chi connectivity index (χ3v) is 6.39. The van der Waals surface area contributed by atoms with Gasteiger partial charge in [-0.3, -0.25) is 24.0 Å². The number of aliphatic hydroxyl groups excluding tert-OH is 1. The maximum Gasteiger partial charge on any atom is 0.255 e. The van der Waals surface area contributed by atoms with Crippen molar-refractivity contribution in [2.75, 3.05) is 26.2 Å². The Labute approximate surface area is 226 Å². The van der Waals surface area contributed by atoms with Crippen molar-refractivity contribution in [2.45, 2.75) is 45.4 Å². The molecule has 3 amide bonds. The molecule has 3 N–H and O–H groups in total. The van der Waals surface area contributed by atoms with E-state index < -0.39 is 24.0 Å². The van der Waals surface area contributed by atoms with Gasteiger partial charge in [-0.1, -0.05) is 11.3 Å². The Bertz CT molecular complexity index is 1290. The van der Waals surface area contributed by atoms with Crippen molar-refractivity contribution in [1.82, 2.24) is 35.5 Å². The molecule has 0 aliphatic carbocycles. The van der Waals surface area contributed by atoms with Crippen molar-refractivity contribution in [3.8, 4) is 5.75 Å². The van der Waals surface area contributed by atoms with Gasteiger partial charge in [0.25, 0.3) is 11.8 Å². The number of nitrogens with zero attached hydrogens (tertiary/aromatic N) is 5. The fraction of sp³-hybridized carbons (Fsp3) is 0.407. The molecule has 39 heavy (non-hydrogen) atoms. The molecule has 0 saturated carbocycles. The van der Waals surface area contributed by atoms with Crippen LogP contribution >= 0.6 is 0 Å². The monoisotopic (exact) mass is 535 g/mol. The summed E-state index contributed by atoms with van der Waals surface area (Å²) in [6.07, 6.45) is 4.90. The van der Waals surface area contributed by atoms with Crippen LogP contribution in [0.25, 0.3) is 0 Å². The standard InChI is InChI=1S/C27H33N7O5/c1-18-6-7-20-15-23(18)39-14-4-11-34-17-22(31-32-34)8-12-33(27(38)21-5-3-9-28-16-21)13-10-29-26(37)24(19(2)35)30-25(20)36/h3,5-7,9,15-17,19,24,35H,4,8,10-14H2,1-2H3,(H,29,37)(H,30,36)/t19-,24+/m1/s1. The van der Waals surface area contributed by atoms with E-state index in [1.54, 1.807) is 46.1 Å². The van der Waals surface area contributed by atoms with Crippen molar-refractivity contribution < 1.29 is 24.2 Å². The molecule has 0 fully saturated rings. The van der Waals surface area contributed by atoms with Crippen LogP contribution in [0.15, 0.2) is 48.9 Å². The molecule has 1 aromatic carbocycles. The van der Waals surface area contributed by atoms with E-state index >= 15 is 0 Å². The van der Waals surface area contributed by atoms with Crippen molar-refractivity contribution in [3.63, 3.8) is 0 Å². The highest BCUT2D eigenvalue weighted by atomic mass is 16.5. The number of benzene rings is 1. The van der Waals surface area contributed by atoms with Gasteiger partial charge in [0.05, 0.1) is 24.0 Å². The molecule has 0 saturated heterocycles.